The number of aromatic nitrogens is 2. The number of cyclic esters (lactones) is 1. The molecule has 7 heteroatoms. The van der Waals surface area contributed by atoms with Crippen LogP contribution in [0.2, 0.25) is 0 Å². The molecule has 0 aliphatic carbocycles. The number of aryl methyl sites for hydroxylation is 1. The number of nitrogens with zero attached hydrogens (tertiary/aromatic N) is 2. The van der Waals surface area contributed by atoms with Crippen molar-refractivity contribution < 1.29 is 14.1 Å². The van der Waals surface area contributed by atoms with Crippen LogP contribution in [0.4, 0.5) is 0 Å². The number of aromatic amines is 1. The molecular weight excluding hydrogens is 190 g/mol. The molecule has 0 atom stereocenters. The molecule has 0 fully saturated rings. The molecule has 7 nitrogen and oxygen atoms in total. The van der Waals surface area contributed by atoms with Crippen LogP contribution in [0, 0.1) is 6.92 Å². The van der Waals surface area contributed by atoms with Crippen LogP contribution >= 0.6 is 0 Å². The first kappa shape index (κ1) is 10.2. The van der Waals surface area contributed by atoms with Crippen LogP contribution in [0.25, 0.3) is 0 Å². The van der Waals surface area contributed by atoms with Gasteiger partial charge >= 0.3 is 11.7 Å². The molecule has 1 aliphatic rings. The third kappa shape index (κ3) is 3.21. The summed E-state index contributed by atoms with van der Waals surface area (Å²) in [6.45, 7) is 3.50. The largest absolute Gasteiger partial charge is 0.438 e. The predicted molar refractivity (Wildman–Crippen MR) is 45.9 cm³/mol. The smallest absolute Gasteiger partial charge is 0.411 e. The van der Waals surface area contributed by atoms with Gasteiger partial charge in [-0.05, 0) is 6.92 Å². The first-order valence-corrected chi connectivity index (χ1v) is 3.82. The van der Waals surface area contributed by atoms with Gasteiger partial charge in [-0.2, -0.15) is 0 Å². The Kier molecular flexibility index (Phi) is 3.16. The fourth-order valence-electron chi connectivity index (χ4n) is 0.708. The maximum atomic E-state index is 10.1. The quantitative estimate of drug-likeness (QED) is 0.575. The van der Waals surface area contributed by atoms with Crippen molar-refractivity contribution in [3.63, 3.8) is 0 Å². The summed E-state index contributed by atoms with van der Waals surface area (Å²) in [4.78, 5) is 26.1. The minimum absolute atomic E-state index is 0.200. The highest BCUT2D eigenvalue weighted by Gasteiger charge is 2.09. The van der Waals surface area contributed by atoms with Crippen LogP contribution in [-0.2, 0) is 9.53 Å². The fraction of sp³-hybridized carbons (Fsp3) is 0.429. The average Bonchev–Trinajstić information content (AvgIpc) is 2.63. The van der Waals surface area contributed by atoms with E-state index in [1.165, 1.54) is 0 Å². The van der Waals surface area contributed by atoms with Crippen molar-refractivity contribution in [2.75, 3.05) is 6.54 Å². The molecule has 1 aliphatic heterocycles. The molecule has 1 aromatic heterocycles. The Morgan fingerprint density at radius 1 is 1.36 bits per heavy atom. The topological polar surface area (TPSA) is 97.5 Å². The van der Waals surface area contributed by atoms with Crippen molar-refractivity contribution >= 4 is 11.9 Å². The maximum absolute atomic E-state index is 10.1. The SMILES string of the molecule is CC1=NCC(=O)O1.Cc1noc(=O)[nH]1. The second kappa shape index (κ2) is 4.35. The lowest BCUT2D eigenvalue weighted by molar-refractivity contribution is -0.132. The number of esters is 1. The molecule has 0 spiro atoms. The highest BCUT2D eigenvalue weighted by molar-refractivity contribution is 5.93. The molecule has 0 aromatic carbocycles. The van der Waals surface area contributed by atoms with E-state index >= 15 is 0 Å². The van der Waals surface area contributed by atoms with E-state index in [1.54, 1.807) is 13.8 Å². The lowest BCUT2D eigenvalue weighted by atomic mass is 10.7. The van der Waals surface area contributed by atoms with Crippen molar-refractivity contribution in [1.82, 2.24) is 10.1 Å². The second-order valence-electron chi connectivity index (χ2n) is 2.49. The van der Waals surface area contributed by atoms with E-state index in [9.17, 15) is 9.59 Å². The Hall–Kier alpha value is -1.92. The van der Waals surface area contributed by atoms with Crippen LogP contribution in [0.5, 0.6) is 0 Å². The van der Waals surface area contributed by atoms with Crippen LogP contribution in [0.1, 0.15) is 12.7 Å². The average molecular weight is 199 g/mol. The molecule has 1 N–H and O–H groups in total. The number of rotatable bonds is 0. The van der Waals surface area contributed by atoms with E-state index < -0.39 is 5.76 Å². The molecule has 2 rings (SSSR count). The van der Waals surface area contributed by atoms with Gasteiger partial charge in [0.1, 0.15) is 12.4 Å². The van der Waals surface area contributed by atoms with Crippen LogP contribution in [-0.4, -0.2) is 28.6 Å². The number of ether oxygens (including phenoxy) is 1. The summed E-state index contributed by atoms with van der Waals surface area (Å²) in [7, 11) is 0. The van der Waals surface area contributed by atoms with Gasteiger partial charge in [0, 0.05) is 6.92 Å². The summed E-state index contributed by atoms with van der Waals surface area (Å²) >= 11 is 0. The molecule has 1 aromatic rings. The van der Waals surface area contributed by atoms with Gasteiger partial charge in [0.2, 0.25) is 0 Å². The monoisotopic (exact) mass is 199 g/mol. The zero-order valence-electron chi connectivity index (χ0n) is 7.73. The minimum Gasteiger partial charge on any atom is -0.411 e. The van der Waals surface area contributed by atoms with Crippen LogP contribution in [0.15, 0.2) is 14.3 Å². The van der Waals surface area contributed by atoms with Gasteiger partial charge in [-0.15, -0.1) is 0 Å². The summed E-state index contributed by atoms with van der Waals surface area (Å²) in [5.41, 5.74) is 0. The van der Waals surface area contributed by atoms with Gasteiger partial charge in [-0.1, -0.05) is 5.16 Å². The highest BCUT2D eigenvalue weighted by Crippen LogP contribution is 1.92. The van der Waals surface area contributed by atoms with Crippen molar-refractivity contribution in [3.05, 3.63) is 16.4 Å². The standard InChI is InChI=1S/C4H5NO2.C3H4N2O2/c1-3-5-2-4(6)7-3;1-2-4-3(6)7-5-2/h2H2,1H3;1H3,(H,4,5,6). The first-order valence-electron chi connectivity index (χ1n) is 3.82. The molecule has 0 saturated heterocycles. The number of aliphatic imine (C=N–C) groups is 1. The number of nitrogens with one attached hydrogen (secondary N) is 1. The lowest BCUT2D eigenvalue weighted by Gasteiger charge is -1.84. The van der Waals surface area contributed by atoms with Gasteiger partial charge in [0.05, 0.1) is 0 Å². The Morgan fingerprint density at radius 3 is 2.21 bits per heavy atom. The Balaban J connectivity index is 0.000000140. The van der Waals surface area contributed by atoms with E-state index in [4.69, 9.17) is 0 Å². The Labute approximate surface area is 78.8 Å². The van der Waals surface area contributed by atoms with Crippen LogP contribution < -0.4 is 5.76 Å². The number of carbonyl (C=O) groups excluding carboxylic acids is 1. The summed E-state index contributed by atoms with van der Waals surface area (Å²) in [5.74, 6) is 0.227. The molecule has 0 amide bonds. The van der Waals surface area contributed by atoms with Gasteiger partial charge < -0.3 is 4.74 Å². The lowest BCUT2D eigenvalue weighted by Crippen LogP contribution is -2.00. The summed E-state index contributed by atoms with van der Waals surface area (Å²) in [6.07, 6.45) is 0. The summed E-state index contributed by atoms with van der Waals surface area (Å²) in [5, 5.41) is 3.27. The molecular formula is C7H9N3O4. The molecule has 0 radical (unpaired) electrons. The molecule has 14 heavy (non-hydrogen) atoms. The molecule has 76 valence electrons. The Bertz CT molecular complexity index is 403. The third-order valence-electron chi connectivity index (χ3n) is 1.24. The molecule has 2 heterocycles. The van der Waals surface area contributed by atoms with Gasteiger partial charge in [0.25, 0.3) is 0 Å². The number of hydrogen-bond acceptors (Lipinski definition) is 6. The zero-order chi connectivity index (χ0) is 10.6. The Morgan fingerprint density at radius 2 is 2.07 bits per heavy atom. The number of carbonyl (C=O) groups is 1. The molecule has 0 saturated carbocycles. The minimum atomic E-state index is -0.502. The normalized spacial score (nSPS) is 14.1. The molecule has 0 unspecified atom stereocenters. The maximum Gasteiger partial charge on any atom is 0.438 e. The summed E-state index contributed by atoms with van der Waals surface area (Å²) in [6, 6.07) is 0. The highest BCUT2D eigenvalue weighted by atomic mass is 16.5. The van der Waals surface area contributed by atoms with E-state index in [-0.39, 0.29) is 12.5 Å². The van der Waals surface area contributed by atoms with Crippen molar-refractivity contribution in [2.24, 2.45) is 4.99 Å². The predicted octanol–water partition coefficient (Wildman–Crippen LogP) is -0.367. The fourth-order valence-corrected chi connectivity index (χ4v) is 0.708. The number of hydrogen-bond donors (Lipinski definition) is 1. The number of H-pyrrole nitrogens is 1. The third-order valence-corrected chi connectivity index (χ3v) is 1.24. The van der Waals surface area contributed by atoms with Crippen LogP contribution in [0.3, 0.4) is 0 Å². The van der Waals surface area contributed by atoms with E-state index in [1.807, 2.05) is 0 Å². The van der Waals surface area contributed by atoms with E-state index in [0.717, 1.165) is 0 Å². The van der Waals surface area contributed by atoms with Crippen molar-refractivity contribution in [3.8, 4) is 0 Å². The second-order valence-corrected chi connectivity index (χ2v) is 2.49. The van der Waals surface area contributed by atoms with Gasteiger partial charge in [-0.3, -0.25) is 9.51 Å². The van der Waals surface area contributed by atoms with Crippen molar-refractivity contribution in [1.29, 1.82) is 0 Å². The van der Waals surface area contributed by atoms with Crippen molar-refractivity contribution in [2.45, 2.75) is 13.8 Å². The first-order chi connectivity index (χ1) is 6.58. The van der Waals surface area contributed by atoms with Gasteiger partial charge in [0.15, 0.2) is 5.90 Å². The van der Waals surface area contributed by atoms with E-state index in [0.29, 0.717) is 11.7 Å². The zero-order valence-corrected chi connectivity index (χ0v) is 7.73. The molecule has 0 bridgehead atoms. The van der Waals surface area contributed by atoms with E-state index in [2.05, 4.69) is 24.4 Å². The summed E-state index contributed by atoms with van der Waals surface area (Å²) < 4.78 is 8.58. The van der Waals surface area contributed by atoms with Gasteiger partial charge in [-0.25, -0.2) is 14.6 Å².